The van der Waals surface area contributed by atoms with E-state index in [9.17, 15) is 22.8 Å². The lowest BCUT2D eigenvalue weighted by atomic mass is 9.88. The van der Waals surface area contributed by atoms with Crippen molar-refractivity contribution >= 4 is 29.9 Å². The first-order valence-electron chi connectivity index (χ1n) is 9.20. The van der Waals surface area contributed by atoms with Crippen molar-refractivity contribution in [1.29, 1.82) is 0 Å². The van der Waals surface area contributed by atoms with Crippen LogP contribution in [0, 0.1) is 5.92 Å². The van der Waals surface area contributed by atoms with Gasteiger partial charge in [-0.2, -0.15) is 13.2 Å². The highest BCUT2D eigenvalue weighted by atomic mass is 35.5. The molecule has 0 radical (unpaired) electrons. The number of benzene rings is 1. The minimum atomic E-state index is -4.52. The van der Waals surface area contributed by atoms with E-state index < -0.39 is 23.7 Å². The molecule has 5 nitrogen and oxygen atoms in total. The number of hydrogen-bond acceptors (Lipinski definition) is 3. The molecule has 1 aromatic rings. The molecule has 0 heterocycles. The Hall–Kier alpha value is -1.80. The summed E-state index contributed by atoms with van der Waals surface area (Å²) in [4.78, 5) is 24.4. The van der Waals surface area contributed by atoms with Gasteiger partial charge in [-0.15, -0.1) is 12.4 Å². The van der Waals surface area contributed by atoms with E-state index in [0.29, 0.717) is 0 Å². The number of hydrogen-bond donors (Lipinski definition) is 3. The molecule has 0 saturated heterocycles. The smallest absolute Gasteiger partial charge is 0.353 e. The Morgan fingerprint density at radius 3 is 2.39 bits per heavy atom. The van der Waals surface area contributed by atoms with Gasteiger partial charge in [-0.1, -0.05) is 19.3 Å². The summed E-state index contributed by atoms with van der Waals surface area (Å²) in [5, 5.41) is 5.29. The van der Waals surface area contributed by atoms with Crippen LogP contribution in [0.15, 0.2) is 18.2 Å². The molecule has 0 aliphatic heterocycles. The standard InChI is InChI=1S/C19H26F3N3O2.ClH/c1-12(24-18(27)14-5-3-2-4-6-14)7-17(26)25-16-9-13(11-23)8-15(10-16)19(20,21)22;/h8-10,12,14H,2-7,11,23H2,1H3,(H,24,27)(H,25,26);1H. The summed E-state index contributed by atoms with van der Waals surface area (Å²) in [6.45, 7) is 1.64. The normalized spacial score (nSPS) is 16.0. The summed E-state index contributed by atoms with van der Waals surface area (Å²) < 4.78 is 38.9. The molecule has 9 heteroatoms. The minimum Gasteiger partial charge on any atom is -0.353 e. The molecule has 0 bridgehead atoms. The monoisotopic (exact) mass is 421 g/mol. The van der Waals surface area contributed by atoms with Crippen LogP contribution in [-0.2, 0) is 22.3 Å². The zero-order valence-electron chi connectivity index (χ0n) is 15.8. The predicted octanol–water partition coefficient (Wildman–Crippen LogP) is 4.00. The Morgan fingerprint density at radius 1 is 1.18 bits per heavy atom. The SMILES string of the molecule is CC(CC(=O)Nc1cc(CN)cc(C(F)(F)F)c1)NC(=O)C1CCCCC1.Cl. The molecule has 1 aliphatic carbocycles. The number of alkyl halides is 3. The summed E-state index contributed by atoms with van der Waals surface area (Å²) in [6.07, 6.45) is 0.383. The van der Waals surface area contributed by atoms with E-state index in [0.717, 1.165) is 44.2 Å². The summed E-state index contributed by atoms with van der Waals surface area (Å²) in [6, 6.07) is 2.85. The molecule has 2 rings (SSSR count). The average Bonchev–Trinajstić information content (AvgIpc) is 2.61. The van der Waals surface area contributed by atoms with Gasteiger partial charge in [0.05, 0.1) is 5.56 Å². The van der Waals surface area contributed by atoms with Gasteiger partial charge in [0.15, 0.2) is 0 Å². The number of nitrogens with one attached hydrogen (secondary N) is 2. The molecular formula is C19H27ClF3N3O2. The highest BCUT2D eigenvalue weighted by Crippen LogP contribution is 2.32. The molecule has 2 amide bonds. The molecular weight excluding hydrogens is 395 g/mol. The van der Waals surface area contributed by atoms with Gasteiger partial charge in [0.1, 0.15) is 0 Å². The van der Waals surface area contributed by atoms with E-state index in [1.807, 2.05) is 0 Å². The van der Waals surface area contributed by atoms with Crippen LogP contribution in [0.1, 0.15) is 56.6 Å². The van der Waals surface area contributed by atoms with Crippen molar-refractivity contribution in [2.75, 3.05) is 5.32 Å². The maximum absolute atomic E-state index is 13.0. The van der Waals surface area contributed by atoms with Gasteiger partial charge < -0.3 is 16.4 Å². The number of rotatable bonds is 6. The highest BCUT2D eigenvalue weighted by molar-refractivity contribution is 5.91. The van der Waals surface area contributed by atoms with Crippen LogP contribution >= 0.6 is 12.4 Å². The summed E-state index contributed by atoms with van der Waals surface area (Å²) >= 11 is 0. The molecule has 4 N–H and O–H groups in total. The first kappa shape index (κ1) is 24.2. The van der Waals surface area contributed by atoms with Crippen LogP contribution in [0.2, 0.25) is 0 Å². The van der Waals surface area contributed by atoms with Crippen molar-refractivity contribution in [2.45, 2.75) is 64.2 Å². The van der Waals surface area contributed by atoms with E-state index in [-0.39, 0.29) is 48.4 Å². The van der Waals surface area contributed by atoms with Gasteiger partial charge in [-0.3, -0.25) is 9.59 Å². The van der Waals surface area contributed by atoms with E-state index in [1.54, 1.807) is 6.92 Å². The molecule has 1 aliphatic rings. The number of carbonyl (C=O) groups is 2. The van der Waals surface area contributed by atoms with Crippen molar-refractivity contribution in [3.05, 3.63) is 29.3 Å². The number of carbonyl (C=O) groups excluding carboxylic acids is 2. The first-order chi connectivity index (χ1) is 12.7. The zero-order chi connectivity index (χ0) is 20.0. The molecule has 1 saturated carbocycles. The molecule has 158 valence electrons. The third-order valence-corrected chi connectivity index (χ3v) is 4.70. The van der Waals surface area contributed by atoms with E-state index in [4.69, 9.17) is 5.73 Å². The van der Waals surface area contributed by atoms with Gasteiger partial charge in [-0.25, -0.2) is 0 Å². The summed E-state index contributed by atoms with van der Waals surface area (Å²) in [5.41, 5.74) is 4.90. The molecule has 1 unspecified atom stereocenters. The van der Waals surface area contributed by atoms with Crippen molar-refractivity contribution in [3.8, 4) is 0 Å². The molecule has 0 aromatic heterocycles. The van der Waals surface area contributed by atoms with Crippen molar-refractivity contribution in [1.82, 2.24) is 5.32 Å². The lowest BCUT2D eigenvalue weighted by Gasteiger charge is -2.23. The van der Waals surface area contributed by atoms with Gasteiger partial charge in [0, 0.05) is 30.6 Å². The molecule has 28 heavy (non-hydrogen) atoms. The van der Waals surface area contributed by atoms with Crippen LogP contribution in [0.4, 0.5) is 18.9 Å². The van der Waals surface area contributed by atoms with E-state index >= 15 is 0 Å². The first-order valence-corrected chi connectivity index (χ1v) is 9.20. The number of halogens is 4. The summed E-state index contributed by atoms with van der Waals surface area (Å²) in [5.74, 6) is -0.534. The largest absolute Gasteiger partial charge is 0.416 e. The Labute approximate surface area is 169 Å². The van der Waals surface area contributed by atoms with Crippen LogP contribution < -0.4 is 16.4 Å². The fraction of sp³-hybridized carbons (Fsp3) is 0.579. The Bertz CT molecular complexity index is 677. The average molecular weight is 422 g/mol. The predicted molar refractivity (Wildman–Crippen MR) is 104 cm³/mol. The number of amides is 2. The van der Waals surface area contributed by atoms with Crippen molar-refractivity contribution in [3.63, 3.8) is 0 Å². The van der Waals surface area contributed by atoms with Crippen LogP contribution in [0.25, 0.3) is 0 Å². The van der Waals surface area contributed by atoms with Gasteiger partial charge >= 0.3 is 6.18 Å². The maximum atomic E-state index is 13.0. The van der Waals surface area contributed by atoms with Crippen molar-refractivity contribution < 1.29 is 22.8 Å². The van der Waals surface area contributed by atoms with Gasteiger partial charge in [0.2, 0.25) is 11.8 Å². The van der Waals surface area contributed by atoms with Crippen molar-refractivity contribution in [2.24, 2.45) is 11.7 Å². The fourth-order valence-electron chi connectivity index (χ4n) is 3.31. The molecule has 1 aromatic carbocycles. The zero-order valence-corrected chi connectivity index (χ0v) is 16.6. The van der Waals surface area contributed by atoms with E-state index in [1.165, 1.54) is 6.07 Å². The second-order valence-electron chi connectivity index (χ2n) is 7.12. The third kappa shape index (κ3) is 7.31. The second kappa shape index (κ2) is 10.7. The lowest BCUT2D eigenvalue weighted by molar-refractivity contribution is -0.137. The third-order valence-electron chi connectivity index (χ3n) is 4.70. The van der Waals surface area contributed by atoms with Gasteiger partial charge in [0.25, 0.3) is 0 Å². The maximum Gasteiger partial charge on any atom is 0.416 e. The molecule has 1 atom stereocenters. The minimum absolute atomic E-state index is 0. The second-order valence-corrected chi connectivity index (χ2v) is 7.12. The number of nitrogens with two attached hydrogens (primary N) is 1. The quantitative estimate of drug-likeness (QED) is 0.649. The van der Waals surface area contributed by atoms with E-state index in [2.05, 4.69) is 10.6 Å². The topological polar surface area (TPSA) is 84.2 Å². The molecule has 1 fully saturated rings. The Balaban J connectivity index is 0.00000392. The highest BCUT2D eigenvalue weighted by Gasteiger charge is 2.31. The number of anilines is 1. The van der Waals surface area contributed by atoms with Crippen LogP contribution in [0.5, 0.6) is 0 Å². The Kier molecular flexibility index (Phi) is 9.23. The lowest BCUT2D eigenvalue weighted by Crippen LogP contribution is -2.39. The van der Waals surface area contributed by atoms with Gasteiger partial charge in [-0.05, 0) is 43.5 Å². The Morgan fingerprint density at radius 2 is 1.82 bits per heavy atom. The molecule has 0 spiro atoms. The summed E-state index contributed by atoms with van der Waals surface area (Å²) in [7, 11) is 0. The fourth-order valence-corrected chi connectivity index (χ4v) is 3.31. The van der Waals surface area contributed by atoms with Crippen LogP contribution in [-0.4, -0.2) is 17.9 Å². The van der Waals surface area contributed by atoms with Crippen LogP contribution in [0.3, 0.4) is 0 Å².